The van der Waals surface area contributed by atoms with Gasteiger partial charge < -0.3 is 24.3 Å². The summed E-state index contributed by atoms with van der Waals surface area (Å²) in [5.41, 5.74) is 3.32. The number of hydrogen-bond donors (Lipinski definition) is 1. The summed E-state index contributed by atoms with van der Waals surface area (Å²) in [4.78, 5) is 34.0. The second-order valence-electron chi connectivity index (χ2n) is 8.07. The first-order valence-corrected chi connectivity index (χ1v) is 10.8. The summed E-state index contributed by atoms with van der Waals surface area (Å²) in [5, 5.41) is 1.08. The molecule has 2 aliphatic rings. The molecule has 1 aromatic carbocycles. The first kappa shape index (κ1) is 19.7. The molecule has 0 radical (unpaired) electrons. The molecule has 166 valence electrons. The van der Waals surface area contributed by atoms with E-state index in [1.54, 1.807) is 18.3 Å². The van der Waals surface area contributed by atoms with Gasteiger partial charge in [0, 0.05) is 41.9 Å². The fourth-order valence-electron chi connectivity index (χ4n) is 4.60. The lowest BCUT2D eigenvalue weighted by Crippen LogP contribution is -2.54. The second-order valence-corrected chi connectivity index (χ2v) is 8.07. The molecule has 1 saturated heterocycles. The molecule has 0 spiro atoms. The van der Waals surface area contributed by atoms with Gasteiger partial charge in [0.15, 0.2) is 11.6 Å². The number of esters is 1. The summed E-state index contributed by atoms with van der Waals surface area (Å²) in [5.74, 6) is 1.76. The Morgan fingerprint density at radius 3 is 3.09 bits per heavy atom. The van der Waals surface area contributed by atoms with Crippen LogP contribution in [0.5, 0.6) is 0 Å². The standard InChI is InChI=1S/C24H22N6O3/c1-32-24(31)15-5-7-26-21(11-15)30-13-16-14-33-10-9-29(16)23-20(30)12-27-22(28-23)18-3-2-4-19-17(18)6-8-25-19/h2-8,11-12,16,25H,9-10,13-14H2,1H3/t16-/m1/s1. The molecule has 3 aromatic heterocycles. The predicted molar refractivity (Wildman–Crippen MR) is 124 cm³/mol. The van der Waals surface area contributed by atoms with E-state index >= 15 is 0 Å². The molecule has 2 aliphatic heterocycles. The number of aromatic nitrogens is 4. The van der Waals surface area contributed by atoms with Gasteiger partial charge in [-0.2, -0.15) is 0 Å². The highest BCUT2D eigenvalue weighted by Crippen LogP contribution is 2.40. The normalized spacial score (nSPS) is 17.5. The molecule has 0 aliphatic carbocycles. The number of nitrogens with one attached hydrogen (secondary N) is 1. The fourth-order valence-corrected chi connectivity index (χ4v) is 4.60. The average molecular weight is 442 g/mol. The van der Waals surface area contributed by atoms with Crippen molar-refractivity contribution in [3.05, 3.63) is 60.6 Å². The Labute approximate surface area is 190 Å². The average Bonchev–Trinajstić information content (AvgIpc) is 3.36. The maximum absolute atomic E-state index is 12.1. The minimum absolute atomic E-state index is 0.112. The second kappa shape index (κ2) is 7.86. The van der Waals surface area contributed by atoms with Crippen LogP contribution in [0, 0.1) is 0 Å². The summed E-state index contributed by atoms with van der Waals surface area (Å²) in [6, 6.07) is 11.6. The van der Waals surface area contributed by atoms with Crippen molar-refractivity contribution in [3.8, 4) is 11.4 Å². The molecule has 4 aromatic rings. The largest absolute Gasteiger partial charge is 0.465 e. The molecule has 0 bridgehead atoms. The van der Waals surface area contributed by atoms with Gasteiger partial charge in [-0.3, -0.25) is 0 Å². The van der Waals surface area contributed by atoms with E-state index in [9.17, 15) is 4.79 Å². The molecular weight excluding hydrogens is 420 g/mol. The maximum atomic E-state index is 12.1. The van der Waals surface area contributed by atoms with Gasteiger partial charge >= 0.3 is 5.97 Å². The topological polar surface area (TPSA) is 96.5 Å². The quantitative estimate of drug-likeness (QED) is 0.484. The zero-order chi connectivity index (χ0) is 22.4. The van der Waals surface area contributed by atoms with Gasteiger partial charge in [0.05, 0.1) is 38.1 Å². The van der Waals surface area contributed by atoms with E-state index in [1.807, 2.05) is 36.7 Å². The molecule has 6 rings (SSSR count). The van der Waals surface area contributed by atoms with Crippen LogP contribution in [0.25, 0.3) is 22.3 Å². The predicted octanol–water partition coefficient (Wildman–Crippen LogP) is 3.16. The fraction of sp³-hybridized carbons (Fsp3) is 0.250. The number of anilines is 3. The summed E-state index contributed by atoms with van der Waals surface area (Å²) in [7, 11) is 1.37. The molecule has 1 N–H and O–H groups in total. The van der Waals surface area contributed by atoms with E-state index in [2.05, 4.69) is 19.8 Å². The number of aromatic amines is 1. The van der Waals surface area contributed by atoms with Crippen molar-refractivity contribution in [3.63, 3.8) is 0 Å². The number of carbonyl (C=O) groups excluding carboxylic acids is 1. The van der Waals surface area contributed by atoms with Gasteiger partial charge in [-0.25, -0.2) is 19.7 Å². The Hall–Kier alpha value is -3.98. The number of H-pyrrole nitrogens is 1. The van der Waals surface area contributed by atoms with Crippen LogP contribution in [0.1, 0.15) is 10.4 Å². The van der Waals surface area contributed by atoms with Crippen molar-refractivity contribution < 1.29 is 14.3 Å². The Balaban J connectivity index is 1.48. The Morgan fingerprint density at radius 1 is 1.24 bits per heavy atom. The van der Waals surface area contributed by atoms with E-state index in [1.165, 1.54) is 7.11 Å². The van der Waals surface area contributed by atoms with Crippen molar-refractivity contribution in [2.75, 3.05) is 43.2 Å². The lowest BCUT2D eigenvalue weighted by Gasteiger charge is -2.45. The molecule has 1 fully saturated rings. The Bertz CT molecular complexity index is 1350. The molecule has 0 amide bonds. The molecule has 9 nitrogen and oxygen atoms in total. The van der Waals surface area contributed by atoms with Crippen LogP contribution in [0.4, 0.5) is 17.3 Å². The van der Waals surface area contributed by atoms with Crippen molar-refractivity contribution in [2.45, 2.75) is 6.04 Å². The molecule has 1 atom stereocenters. The van der Waals surface area contributed by atoms with Crippen LogP contribution >= 0.6 is 0 Å². The van der Waals surface area contributed by atoms with E-state index in [0.29, 0.717) is 37.0 Å². The number of morpholine rings is 1. The SMILES string of the molecule is COC(=O)c1ccnc(N2C[C@@H]3COCCN3c3nc(-c4cccc5[nH]ccc45)ncc32)c1. The van der Waals surface area contributed by atoms with Crippen molar-refractivity contribution in [1.82, 2.24) is 19.9 Å². The number of fused-ring (bicyclic) bond motifs is 4. The number of rotatable bonds is 3. The number of pyridine rings is 1. The van der Waals surface area contributed by atoms with Gasteiger partial charge in [-0.05, 0) is 24.3 Å². The summed E-state index contributed by atoms with van der Waals surface area (Å²) >= 11 is 0. The smallest absolute Gasteiger partial charge is 0.338 e. The zero-order valence-electron chi connectivity index (χ0n) is 18.1. The Morgan fingerprint density at radius 2 is 2.18 bits per heavy atom. The van der Waals surface area contributed by atoms with Gasteiger partial charge in [0.2, 0.25) is 0 Å². The molecule has 9 heteroatoms. The highest BCUT2D eigenvalue weighted by molar-refractivity contribution is 5.94. The first-order chi connectivity index (χ1) is 16.2. The van der Waals surface area contributed by atoms with Crippen LogP contribution < -0.4 is 9.80 Å². The van der Waals surface area contributed by atoms with Crippen molar-refractivity contribution >= 4 is 34.2 Å². The lowest BCUT2D eigenvalue weighted by atomic mass is 10.1. The van der Waals surface area contributed by atoms with Crippen LogP contribution in [-0.4, -0.2) is 65.4 Å². The van der Waals surface area contributed by atoms with E-state index in [0.717, 1.165) is 34.5 Å². The number of ether oxygens (including phenoxy) is 2. The number of nitrogens with zero attached hydrogens (tertiary/aromatic N) is 5. The highest BCUT2D eigenvalue weighted by atomic mass is 16.5. The highest BCUT2D eigenvalue weighted by Gasteiger charge is 2.36. The minimum atomic E-state index is -0.398. The Kier molecular flexibility index (Phi) is 4.69. The number of hydrogen-bond acceptors (Lipinski definition) is 8. The lowest BCUT2D eigenvalue weighted by molar-refractivity contribution is 0.0600. The summed E-state index contributed by atoms with van der Waals surface area (Å²) in [6.45, 7) is 2.66. The summed E-state index contributed by atoms with van der Waals surface area (Å²) < 4.78 is 10.7. The molecule has 33 heavy (non-hydrogen) atoms. The van der Waals surface area contributed by atoms with Gasteiger partial charge in [-0.1, -0.05) is 12.1 Å². The third-order valence-corrected chi connectivity index (χ3v) is 6.21. The third-order valence-electron chi connectivity index (χ3n) is 6.21. The van der Waals surface area contributed by atoms with E-state index in [-0.39, 0.29) is 6.04 Å². The van der Waals surface area contributed by atoms with Gasteiger partial charge in [0.1, 0.15) is 11.5 Å². The molecular formula is C24H22N6O3. The molecule has 0 unspecified atom stereocenters. The minimum Gasteiger partial charge on any atom is -0.465 e. The van der Waals surface area contributed by atoms with Crippen molar-refractivity contribution in [2.24, 2.45) is 0 Å². The van der Waals surface area contributed by atoms with E-state index in [4.69, 9.17) is 19.4 Å². The van der Waals surface area contributed by atoms with E-state index < -0.39 is 5.97 Å². The van der Waals surface area contributed by atoms with Gasteiger partial charge in [0.25, 0.3) is 0 Å². The zero-order valence-corrected chi connectivity index (χ0v) is 18.1. The third kappa shape index (κ3) is 3.28. The maximum Gasteiger partial charge on any atom is 0.338 e. The summed E-state index contributed by atoms with van der Waals surface area (Å²) in [6.07, 6.45) is 5.39. The number of carbonyl (C=O) groups is 1. The van der Waals surface area contributed by atoms with Crippen LogP contribution in [0.3, 0.4) is 0 Å². The van der Waals surface area contributed by atoms with Crippen LogP contribution in [0.15, 0.2) is 55.0 Å². The van der Waals surface area contributed by atoms with Crippen LogP contribution in [-0.2, 0) is 9.47 Å². The van der Waals surface area contributed by atoms with Crippen molar-refractivity contribution in [1.29, 1.82) is 0 Å². The monoisotopic (exact) mass is 442 g/mol. The van der Waals surface area contributed by atoms with Gasteiger partial charge in [-0.15, -0.1) is 0 Å². The van der Waals surface area contributed by atoms with Crippen LogP contribution in [0.2, 0.25) is 0 Å². The number of benzene rings is 1. The molecule has 5 heterocycles. The first-order valence-electron chi connectivity index (χ1n) is 10.8. The number of methoxy groups -OCH3 is 1. The molecule has 0 saturated carbocycles.